The number of amides is 1. The van der Waals surface area contributed by atoms with Crippen LogP contribution in [0.2, 0.25) is 5.02 Å². The van der Waals surface area contributed by atoms with Crippen molar-refractivity contribution >= 4 is 45.4 Å². The van der Waals surface area contributed by atoms with Gasteiger partial charge in [-0.15, -0.1) is 0 Å². The van der Waals surface area contributed by atoms with Crippen LogP contribution >= 0.6 is 11.6 Å². The molecule has 5 rings (SSSR count). The Bertz CT molecular complexity index is 1530. The van der Waals surface area contributed by atoms with Crippen LogP contribution in [0.1, 0.15) is 29.4 Å². The van der Waals surface area contributed by atoms with Crippen molar-refractivity contribution in [1.29, 1.82) is 0 Å². The molecule has 0 spiro atoms. The summed E-state index contributed by atoms with van der Waals surface area (Å²) in [5.41, 5.74) is 9.93. The number of nitrogens with two attached hydrogens (primary N) is 1. The van der Waals surface area contributed by atoms with E-state index in [0.29, 0.717) is 52.6 Å². The predicted octanol–water partition coefficient (Wildman–Crippen LogP) is 3.23. The van der Waals surface area contributed by atoms with Gasteiger partial charge in [-0.3, -0.25) is 4.79 Å². The molecule has 1 saturated heterocycles. The number of hydrogen-bond acceptors (Lipinski definition) is 6. The molecular formula is C25H24ClN7O2. The Morgan fingerprint density at radius 2 is 2.17 bits per heavy atom. The number of methoxy groups -OCH3 is 1. The maximum Gasteiger partial charge on any atom is 0.246 e. The van der Waals surface area contributed by atoms with Crippen molar-refractivity contribution in [1.82, 2.24) is 29.4 Å². The number of imidazole rings is 1. The molecule has 3 aromatic heterocycles. The summed E-state index contributed by atoms with van der Waals surface area (Å²) in [7, 11) is 1.63. The number of nitrogens with one attached hydrogen (secondary N) is 1. The van der Waals surface area contributed by atoms with Gasteiger partial charge >= 0.3 is 0 Å². The first-order valence-corrected chi connectivity index (χ1v) is 11.5. The number of aromatic amines is 1. The van der Waals surface area contributed by atoms with Crippen molar-refractivity contribution in [2.45, 2.75) is 25.4 Å². The highest BCUT2D eigenvalue weighted by atomic mass is 35.5. The molecule has 1 amide bonds. The first kappa shape index (κ1) is 22.9. The fourth-order valence-corrected chi connectivity index (χ4v) is 4.91. The highest BCUT2D eigenvalue weighted by molar-refractivity contribution is 6.32. The number of rotatable bonds is 4. The highest BCUT2D eigenvalue weighted by Crippen LogP contribution is 2.33. The molecule has 2 atom stereocenters. The summed E-state index contributed by atoms with van der Waals surface area (Å²) in [5, 5.41) is 1.19. The van der Waals surface area contributed by atoms with E-state index in [4.69, 9.17) is 22.1 Å². The van der Waals surface area contributed by atoms with Gasteiger partial charge in [0.1, 0.15) is 23.6 Å². The van der Waals surface area contributed by atoms with Crippen LogP contribution in [0.5, 0.6) is 0 Å². The third kappa shape index (κ3) is 4.11. The summed E-state index contributed by atoms with van der Waals surface area (Å²) in [4.78, 5) is 30.5. The van der Waals surface area contributed by atoms with E-state index in [2.05, 4.69) is 38.4 Å². The van der Waals surface area contributed by atoms with Crippen LogP contribution in [0.3, 0.4) is 0 Å². The maximum absolute atomic E-state index is 12.4. The number of hydrogen-bond donors (Lipinski definition) is 2. The summed E-state index contributed by atoms with van der Waals surface area (Å²) >= 11 is 6.47. The van der Waals surface area contributed by atoms with Crippen LogP contribution in [0.4, 0.5) is 5.82 Å². The standard InChI is InChI=1S/C25H24ClN7O2/c1-4-22(34)32-11-17(8-18(32)12-35-3)33-10-16(23-24(27)28-13-29-25(23)33)6-5-15-7-20-21(9-19(15)26)31-14(2)30-20/h4,7,9-10,13,17-18H,1,8,11-12H2,2-3H3,(H,30,31)(H2,27,28,29)/t17?,18-/m1/s1. The number of ether oxygens (including phenoxy) is 1. The molecule has 4 aromatic rings. The van der Waals surface area contributed by atoms with Crippen LogP contribution < -0.4 is 5.73 Å². The van der Waals surface area contributed by atoms with E-state index < -0.39 is 0 Å². The number of benzene rings is 1. The molecule has 0 saturated carbocycles. The number of aryl methyl sites for hydroxylation is 1. The number of nitrogens with zero attached hydrogens (tertiary/aromatic N) is 5. The number of carbonyl (C=O) groups is 1. The molecule has 0 aliphatic carbocycles. The number of carbonyl (C=O) groups excluding carboxylic acids is 1. The average molecular weight is 490 g/mol. The van der Waals surface area contributed by atoms with Crippen LogP contribution in [0.25, 0.3) is 22.1 Å². The lowest BCUT2D eigenvalue weighted by Crippen LogP contribution is -2.37. The zero-order valence-electron chi connectivity index (χ0n) is 19.4. The molecule has 1 aromatic carbocycles. The zero-order valence-corrected chi connectivity index (χ0v) is 20.1. The number of nitrogen functional groups attached to an aromatic ring is 1. The minimum Gasteiger partial charge on any atom is -0.383 e. The van der Waals surface area contributed by atoms with Crippen molar-refractivity contribution in [2.75, 3.05) is 26.0 Å². The minimum absolute atomic E-state index is 0.0284. The maximum atomic E-state index is 12.4. The third-order valence-corrected chi connectivity index (χ3v) is 6.57. The predicted molar refractivity (Wildman–Crippen MR) is 135 cm³/mol. The van der Waals surface area contributed by atoms with E-state index in [1.54, 1.807) is 18.1 Å². The van der Waals surface area contributed by atoms with Gasteiger partial charge in [0.05, 0.1) is 45.7 Å². The van der Waals surface area contributed by atoms with E-state index >= 15 is 0 Å². The van der Waals surface area contributed by atoms with Crippen LogP contribution in [-0.4, -0.2) is 61.6 Å². The molecule has 0 radical (unpaired) electrons. The van der Waals surface area contributed by atoms with Gasteiger partial charge in [-0.2, -0.15) is 0 Å². The zero-order chi connectivity index (χ0) is 24.7. The Balaban J connectivity index is 1.57. The summed E-state index contributed by atoms with van der Waals surface area (Å²) in [6, 6.07) is 3.59. The Morgan fingerprint density at radius 3 is 2.94 bits per heavy atom. The van der Waals surface area contributed by atoms with E-state index in [-0.39, 0.29) is 18.0 Å². The van der Waals surface area contributed by atoms with Gasteiger partial charge in [-0.25, -0.2) is 15.0 Å². The van der Waals surface area contributed by atoms with Gasteiger partial charge in [-0.1, -0.05) is 30.0 Å². The monoisotopic (exact) mass is 489 g/mol. The number of H-pyrrole nitrogens is 1. The highest BCUT2D eigenvalue weighted by Gasteiger charge is 2.36. The van der Waals surface area contributed by atoms with E-state index in [9.17, 15) is 4.79 Å². The molecular weight excluding hydrogens is 466 g/mol. The van der Waals surface area contributed by atoms with Gasteiger partial charge in [0.25, 0.3) is 0 Å². The lowest BCUT2D eigenvalue weighted by molar-refractivity contribution is -0.127. The normalized spacial score (nSPS) is 17.6. The lowest BCUT2D eigenvalue weighted by Gasteiger charge is -2.22. The van der Waals surface area contributed by atoms with Gasteiger partial charge in [0.15, 0.2) is 0 Å². The van der Waals surface area contributed by atoms with Gasteiger partial charge < -0.3 is 24.9 Å². The summed E-state index contributed by atoms with van der Waals surface area (Å²) < 4.78 is 7.38. The van der Waals surface area contributed by atoms with Gasteiger partial charge in [-0.05, 0) is 31.6 Å². The van der Waals surface area contributed by atoms with Crippen molar-refractivity contribution in [3.8, 4) is 11.8 Å². The van der Waals surface area contributed by atoms with Crippen molar-refractivity contribution < 1.29 is 9.53 Å². The molecule has 178 valence electrons. The van der Waals surface area contributed by atoms with Crippen molar-refractivity contribution in [2.24, 2.45) is 0 Å². The minimum atomic E-state index is -0.126. The van der Waals surface area contributed by atoms with Gasteiger partial charge in [0, 0.05) is 25.4 Å². The molecule has 10 heteroatoms. The van der Waals surface area contributed by atoms with Crippen LogP contribution in [0, 0.1) is 18.8 Å². The molecule has 1 unspecified atom stereocenters. The number of fused-ring (bicyclic) bond motifs is 2. The smallest absolute Gasteiger partial charge is 0.246 e. The van der Waals surface area contributed by atoms with E-state index in [1.165, 1.54) is 12.4 Å². The fourth-order valence-electron chi connectivity index (χ4n) is 4.70. The van der Waals surface area contributed by atoms with Crippen molar-refractivity contribution in [3.63, 3.8) is 0 Å². The Labute approximate surface area is 207 Å². The Morgan fingerprint density at radius 1 is 1.37 bits per heavy atom. The molecule has 3 N–H and O–H groups in total. The summed E-state index contributed by atoms with van der Waals surface area (Å²) in [6.07, 6.45) is 5.39. The van der Waals surface area contributed by atoms with Gasteiger partial charge in [0.2, 0.25) is 5.91 Å². The van der Waals surface area contributed by atoms with Crippen molar-refractivity contribution in [3.05, 3.63) is 59.3 Å². The first-order chi connectivity index (χ1) is 16.9. The summed E-state index contributed by atoms with van der Waals surface area (Å²) in [6.45, 7) is 6.46. The number of aromatic nitrogens is 5. The molecule has 1 aliphatic rings. The second-order valence-corrected chi connectivity index (χ2v) is 8.93. The van der Waals surface area contributed by atoms with E-state index in [1.807, 2.05) is 23.8 Å². The second kappa shape index (κ2) is 9.06. The summed E-state index contributed by atoms with van der Waals surface area (Å²) in [5.74, 6) is 7.40. The molecule has 9 nitrogen and oxygen atoms in total. The SMILES string of the molecule is C=CC(=O)N1CC(n2cc(C#Cc3cc4[nH]c(C)nc4cc3Cl)c3c(N)ncnc32)C[C@@H]1COC. The molecule has 4 heterocycles. The Hall–Kier alpha value is -3.87. The van der Waals surface area contributed by atoms with Crippen LogP contribution in [-0.2, 0) is 9.53 Å². The average Bonchev–Trinajstić information content (AvgIpc) is 3.52. The third-order valence-electron chi connectivity index (χ3n) is 6.26. The largest absolute Gasteiger partial charge is 0.383 e. The molecule has 35 heavy (non-hydrogen) atoms. The topological polar surface area (TPSA) is 115 Å². The number of likely N-dealkylation sites (tertiary alicyclic amines) is 1. The Kier molecular flexibility index (Phi) is 5.93. The van der Waals surface area contributed by atoms with E-state index in [0.717, 1.165) is 16.9 Å². The second-order valence-electron chi connectivity index (χ2n) is 8.52. The fraction of sp³-hybridized carbons (Fsp3) is 0.280. The lowest BCUT2D eigenvalue weighted by atomic mass is 10.1. The molecule has 1 fully saturated rings. The van der Waals surface area contributed by atoms with Crippen LogP contribution in [0.15, 0.2) is 37.3 Å². The molecule has 1 aliphatic heterocycles. The quantitative estimate of drug-likeness (QED) is 0.336. The molecule has 0 bridgehead atoms. The first-order valence-electron chi connectivity index (χ1n) is 11.1. The number of halogens is 1. The number of anilines is 1.